The molecule has 612 valence electrons. The Morgan fingerprint density at radius 3 is 1.19 bits per heavy atom. The summed E-state index contributed by atoms with van der Waals surface area (Å²) >= 11 is 0. The van der Waals surface area contributed by atoms with Crippen molar-refractivity contribution < 1.29 is 119 Å². The minimum atomic E-state index is -1.43. The van der Waals surface area contributed by atoms with E-state index in [1.807, 2.05) is 28.2 Å². The van der Waals surface area contributed by atoms with Gasteiger partial charge in [0.15, 0.2) is 25.2 Å². The van der Waals surface area contributed by atoms with Gasteiger partial charge in [0.05, 0.1) is 61.9 Å². The standard InChI is InChI=1S/C69H117N15O24/c1-42-57(91)59(93)51(38-85)105-66(42)101-25-15-5-10-21-81-31-46(29-70-81)30-80(34-49-37-84(78-75-49)24-13-8-18-28-104-69-56(72-45(4)90)64(98)62(96)54(41-88)108-69)50(65(99)100)19-9-14-20-79(32-47-35-82(76-73-47)22-11-6-16-26-102-67-43(2)58(92)60(94)52(39-86)106-67)33-48-36-83(77-74-48)23-12-7-17-27-103-68-55(71-44(3)89)63(97)61(95)53(40-87)107-68/h29,31,35-37,42-43,50-64,66-69,85-88,91-98H,5-28,30,32-34,38-41H2,1-4H3,(H,71,89)(H,72,90)(H,99,100)/t42-,43-,50+,51-,52-,53-,54-,55-,56-,57-,58-,59+,60+,61+,62+,63-,64-,66-,67-,68-,69-/m1/s1. The van der Waals surface area contributed by atoms with E-state index in [2.05, 4.69) is 51.6 Å². The number of carboxylic acids is 1. The summed E-state index contributed by atoms with van der Waals surface area (Å²) in [6.45, 7) is 8.75. The summed E-state index contributed by atoms with van der Waals surface area (Å²) in [7, 11) is 0. The number of carbonyl (C=O) groups excluding carboxylic acids is 2. The number of aliphatic hydroxyl groups is 12. The lowest BCUT2D eigenvalue weighted by molar-refractivity contribution is -0.282. The molecule has 4 aliphatic rings. The van der Waals surface area contributed by atoms with Crippen LogP contribution >= 0.6 is 0 Å². The molecule has 4 fully saturated rings. The van der Waals surface area contributed by atoms with Gasteiger partial charge < -0.3 is 115 Å². The van der Waals surface area contributed by atoms with Crippen molar-refractivity contribution in [2.75, 3.05) is 59.4 Å². The first-order chi connectivity index (χ1) is 52.0. The largest absolute Gasteiger partial charge is 0.480 e. The maximum Gasteiger partial charge on any atom is 0.320 e. The predicted molar refractivity (Wildman–Crippen MR) is 375 cm³/mol. The van der Waals surface area contributed by atoms with Crippen LogP contribution in [0.2, 0.25) is 0 Å². The van der Waals surface area contributed by atoms with E-state index in [1.54, 1.807) is 40.3 Å². The SMILES string of the molecule is CC(=O)N[C@H]1[C@H](OCCCCCn2cc(CN(CCCC[C@@H](C(=O)O)N(Cc3cnn(CCCCCO[C@@H]4O[C@H](CO)[C@H](O)[C@H](O)[C@H]4C)c3)Cc3cn(CCCCCO[C@@H]4O[C@H](CO)[C@H](O)[C@H](O)[C@H]4NC(C)=O)nn3)Cc3cn(CCCCCO[C@@H]4O[C@H](CO)[C@H](O)[C@H](O)[C@H]4C)nn3)nn2)O[C@H](CO)[C@H](O)[C@@H]1O. The van der Waals surface area contributed by atoms with Gasteiger partial charge in [-0.1, -0.05) is 35.9 Å². The van der Waals surface area contributed by atoms with E-state index < -0.39 is 173 Å². The topological polar surface area (TPSA) is 529 Å². The van der Waals surface area contributed by atoms with Crippen molar-refractivity contribution in [1.82, 2.24) is 75.2 Å². The van der Waals surface area contributed by atoms with E-state index >= 15 is 0 Å². The molecule has 39 heteroatoms. The van der Waals surface area contributed by atoms with Crippen molar-refractivity contribution in [2.24, 2.45) is 11.8 Å². The number of ether oxygens (including phenoxy) is 8. The quantitative estimate of drug-likeness (QED) is 0.0193. The summed E-state index contributed by atoms with van der Waals surface area (Å²) in [5.74, 6) is -2.93. The molecule has 4 aromatic heterocycles. The fourth-order valence-corrected chi connectivity index (χ4v) is 13.8. The number of hydrogen-bond acceptors (Lipinski definition) is 32. The third-order valence-corrected chi connectivity index (χ3v) is 20.0. The van der Waals surface area contributed by atoms with Gasteiger partial charge in [-0.2, -0.15) is 5.10 Å². The van der Waals surface area contributed by atoms with Crippen LogP contribution in [-0.4, -0.2) is 325 Å². The minimum Gasteiger partial charge on any atom is -0.480 e. The van der Waals surface area contributed by atoms with Crippen LogP contribution in [-0.2, 0) is 105 Å². The van der Waals surface area contributed by atoms with Gasteiger partial charge in [0.2, 0.25) is 11.8 Å². The van der Waals surface area contributed by atoms with Gasteiger partial charge >= 0.3 is 5.97 Å². The first-order valence-corrected chi connectivity index (χ1v) is 37.9. The lowest BCUT2D eigenvalue weighted by Gasteiger charge is -2.42. The number of carboxylic acid groups (broad SMARTS) is 1. The normalized spacial score (nSPS) is 29.3. The van der Waals surface area contributed by atoms with Gasteiger partial charge in [-0.25, -0.2) is 0 Å². The van der Waals surface area contributed by atoms with Crippen molar-refractivity contribution in [3.63, 3.8) is 0 Å². The molecule has 8 heterocycles. The second-order valence-electron chi connectivity index (χ2n) is 28.7. The molecular formula is C69H117N15O24. The number of aliphatic carboxylic acids is 1. The number of aliphatic hydroxyl groups excluding tert-OH is 12. The van der Waals surface area contributed by atoms with Crippen molar-refractivity contribution >= 4 is 17.8 Å². The highest BCUT2D eigenvalue weighted by atomic mass is 16.7. The van der Waals surface area contributed by atoms with Crippen LogP contribution < -0.4 is 10.6 Å². The van der Waals surface area contributed by atoms with Gasteiger partial charge in [0.25, 0.3) is 0 Å². The minimum absolute atomic E-state index is 0.134. The van der Waals surface area contributed by atoms with Gasteiger partial charge in [0, 0.05) is 135 Å². The monoisotopic (exact) mass is 1540 g/mol. The molecule has 0 aromatic carbocycles. The summed E-state index contributed by atoms with van der Waals surface area (Å²) in [6, 6.07) is -3.07. The van der Waals surface area contributed by atoms with Crippen LogP contribution in [0.15, 0.2) is 31.0 Å². The lowest BCUT2D eigenvalue weighted by atomic mass is 9.92. The highest BCUT2D eigenvalue weighted by Gasteiger charge is 2.48. The van der Waals surface area contributed by atoms with E-state index in [1.165, 1.54) is 13.8 Å². The summed E-state index contributed by atoms with van der Waals surface area (Å²) < 4.78 is 53.4. The molecule has 4 saturated heterocycles. The smallest absolute Gasteiger partial charge is 0.320 e. The Bertz CT molecular complexity index is 3230. The molecule has 0 aliphatic carbocycles. The first-order valence-electron chi connectivity index (χ1n) is 37.9. The summed E-state index contributed by atoms with van der Waals surface area (Å²) in [5.41, 5.74) is 2.71. The zero-order valence-corrected chi connectivity index (χ0v) is 62.3. The molecule has 39 nitrogen and oxygen atoms in total. The summed E-state index contributed by atoms with van der Waals surface area (Å²) in [5, 5.41) is 170. The van der Waals surface area contributed by atoms with Gasteiger partial charge in [0.1, 0.15) is 79.2 Å². The zero-order chi connectivity index (χ0) is 77.8. The van der Waals surface area contributed by atoms with Crippen LogP contribution in [0.5, 0.6) is 0 Å². The average molecular weight is 1540 g/mol. The highest BCUT2D eigenvalue weighted by Crippen LogP contribution is 2.30. The van der Waals surface area contributed by atoms with Crippen molar-refractivity contribution in [2.45, 2.75) is 293 Å². The number of aromatic nitrogens is 11. The third kappa shape index (κ3) is 26.4. The zero-order valence-electron chi connectivity index (χ0n) is 62.3. The average Bonchev–Trinajstić information content (AvgIpc) is 1.08. The second-order valence-corrected chi connectivity index (χ2v) is 28.7. The number of carbonyl (C=O) groups is 3. The van der Waals surface area contributed by atoms with Crippen molar-refractivity contribution in [3.05, 3.63) is 53.6 Å². The van der Waals surface area contributed by atoms with E-state index in [0.717, 1.165) is 31.2 Å². The molecule has 2 amide bonds. The molecule has 15 N–H and O–H groups in total. The molecule has 0 bridgehead atoms. The van der Waals surface area contributed by atoms with Crippen LogP contribution in [0.3, 0.4) is 0 Å². The van der Waals surface area contributed by atoms with E-state index in [0.29, 0.717) is 140 Å². The number of unbranched alkanes of at least 4 members (excludes halogenated alkanes) is 9. The van der Waals surface area contributed by atoms with Crippen molar-refractivity contribution in [1.29, 1.82) is 0 Å². The summed E-state index contributed by atoms with van der Waals surface area (Å²) in [6.07, 6.45) is 0.558. The van der Waals surface area contributed by atoms with E-state index in [4.69, 9.17) is 37.9 Å². The maximum absolute atomic E-state index is 13.6. The molecular weight excluding hydrogens is 1420 g/mol. The van der Waals surface area contributed by atoms with Crippen LogP contribution in [0, 0.1) is 11.8 Å². The van der Waals surface area contributed by atoms with E-state index in [9.17, 15) is 80.8 Å². The highest BCUT2D eigenvalue weighted by molar-refractivity contribution is 5.74. The third-order valence-electron chi connectivity index (χ3n) is 20.0. The van der Waals surface area contributed by atoms with Crippen LogP contribution in [0.1, 0.15) is 147 Å². The Labute approximate surface area is 627 Å². The van der Waals surface area contributed by atoms with Gasteiger partial charge in [-0.15, -0.1) is 15.3 Å². The molecule has 0 saturated carbocycles. The fraction of sp³-hybridized carbons (Fsp3) is 0.826. The Morgan fingerprint density at radius 2 is 0.815 bits per heavy atom. The summed E-state index contributed by atoms with van der Waals surface area (Å²) in [4.78, 5) is 41.4. The maximum atomic E-state index is 13.6. The molecule has 4 aromatic rings. The number of amides is 2. The molecule has 21 atom stereocenters. The molecule has 0 unspecified atom stereocenters. The number of hydrogen-bond donors (Lipinski definition) is 15. The molecule has 0 spiro atoms. The molecule has 0 radical (unpaired) electrons. The number of rotatable bonds is 49. The molecule has 4 aliphatic heterocycles. The first kappa shape index (κ1) is 87.7. The number of aryl methyl sites for hydroxylation is 4. The Morgan fingerprint density at radius 1 is 0.454 bits per heavy atom. The second kappa shape index (κ2) is 45.0. The Hall–Kier alpha value is -5.84. The number of nitrogens with one attached hydrogen (secondary N) is 2. The van der Waals surface area contributed by atoms with Gasteiger partial charge in [-0.3, -0.25) is 42.9 Å². The number of nitrogens with zero attached hydrogens (tertiary/aromatic N) is 13. The van der Waals surface area contributed by atoms with Crippen LogP contribution in [0.4, 0.5) is 0 Å². The molecule has 108 heavy (non-hydrogen) atoms. The Balaban J connectivity index is 0.880. The predicted octanol–water partition coefficient (Wildman–Crippen LogP) is -3.23. The lowest BCUT2D eigenvalue weighted by Crippen LogP contribution is -2.64. The van der Waals surface area contributed by atoms with Crippen LogP contribution in [0.25, 0.3) is 0 Å². The van der Waals surface area contributed by atoms with Crippen molar-refractivity contribution in [3.8, 4) is 0 Å². The fourth-order valence-electron chi connectivity index (χ4n) is 13.8. The van der Waals surface area contributed by atoms with Gasteiger partial charge in [-0.05, 0) is 96.4 Å². The molecule has 8 rings (SSSR count). The van der Waals surface area contributed by atoms with E-state index in [-0.39, 0.29) is 32.7 Å². The Kier molecular flexibility index (Phi) is 36.6.